The van der Waals surface area contributed by atoms with Crippen molar-refractivity contribution in [2.45, 2.75) is 26.2 Å². The lowest BCUT2D eigenvalue weighted by atomic mass is 9.93. The first kappa shape index (κ1) is 16.1. The molecule has 0 radical (unpaired) electrons. The van der Waals surface area contributed by atoms with Crippen LogP contribution in [-0.4, -0.2) is 25.7 Å². The molecule has 0 spiro atoms. The van der Waals surface area contributed by atoms with Crippen molar-refractivity contribution in [1.82, 2.24) is 0 Å². The van der Waals surface area contributed by atoms with Crippen LogP contribution in [0.4, 0.5) is 16.2 Å². The Bertz CT molecular complexity index is 552. The van der Waals surface area contributed by atoms with Crippen LogP contribution in [-0.2, 0) is 9.53 Å². The minimum Gasteiger partial charge on any atom is -0.449 e. The second-order valence-electron chi connectivity index (χ2n) is 5.28. The van der Waals surface area contributed by atoms with Crippen molar-refractivity contribution >= 4 is 23.4 Å². The molecule has 1 atom stereocenters. The van der Waals surface area contributed by atoms with Crippen LogP contribution in [0.3, 0.4) is 0 Å². The van der Waals surface area contributed by atoms with Gasteiger partial charge in [-0.2, -0.15) is 0 Å². The fourth-order valence-electron chi connectivity index (χ4n) is 2.37. The molecule has 5 heteroatoms. The Morgan fingerprint density at radius 3 is 2.59 bits per heavy atom. The molecule has 0 fully saturated rings. The van der Waals surface area contributed by atoms with Crippen molar-refractivity contribution in [3.8, 4) is 0 Å². The summed E-state index contributed by atoms with van der Waals surface area (Å²) in [4.78, 5) is 25.2. The number of carbonyl (C=O) groups excluding carboxylic acids is 2. The number of anilines is 2. The summed E-state index contributed by atoms with van der Waals surface area (Å²) in [6.07, 6.45) is 6.44. The molecular weight excluding hydrogens is 280 g/mol. The molecule has 0 aromatic heterocycles. The Balaban J connectivity index is 1.95. The van der Waals surface area contributed by atoms with Gasteiger partial charge < -0.3 is 10.1 Å². The number of amides is 2. The van der Waals surface area contributed by atoms with Crippen LogP contribution in [0.25, 0.3) is 0 Å². The molecule has 1 aromatic rings. The average molecular weight is 302 g/mol. The lowest BCUT2D eigenvalue weighted by Crippen LogP contribution is -2.27. The Labute approximate surface area is 130 Å². The molecule has 22 heavy (non-hydrogen) atoms. The quantitative estimate of drug-likeness (QED) is 0.865. The molecule has 0 saturated carbocycles. The Kier molecular flexibility index (Phi) is 5.58. The first-order valence-electron chi connectivity index (χ1n) is 7.58. The summed E-state index contributed by atoms with van der Waals surface area (Å²) < 4.78 is 4.94. The number of carbonyl (C=O) groups is 2. The summed E-state index contributed by atoms with van der Waals surface area (Å²) >= 11 is 0. The van der Waals surface area contributed by atoms with Crippen LogP contribution in [0.2, 0.25) is 0 Å². The molecule has 1 N–H and O–H groups in total. The Morgan fingerprint density at radius 1 is 1.27 bits per heavy atom. The zero-order valence-electron chi connectivity index (χ0n) is 13.0. The Morgan fingerprint density at radius 2 is 2.00 bits per heavy atom. The van der Waals surface area contributed by atoms with Crippen LogP contribution in [0.15, 0.2) is 36.4 Å². The third-order valence-electron chi connectivity index (χ3n) is 3.70. The van der Waals surface area contributed by atoms with Crippen LogP contribution in [0.5, 0.6) is 0 Å². The van der Waals surface area contributed by atoms with Gasteiger partial charge in [0.05, 0.1) is 6.61 Å². The molecule has 0 heterocycles. The average Bonchev–Trinajstić information content (AvgIpc) is 2.56. The third-order valence-corrected chi connectivity index (χ3v) is 3.70. The van der Waals surface area contributed by atoms with Gasteiger partial charge in [-0.25, -0.2) is 4.79 Å². The van der Waals surface area contributed by atoms with Crippen molar-refractivity contribution in [3.05, 3.63) is 36.4 Å². The van der Waals surface area contributed by atoms with Gasteiger partial charge in [-0.1, -0.05) is 12.2 Å². The molecule has 1 unspecified atom stereocenters. The molecule has 0 saturated heterocycles. The van der Waals surface area contributed by atoms with E-state index in [0.717, 1.165) is 30.6 Å². The highest BCUT2D eigenvalue weighted by molar-refractivity contribution is 5.93. The normalized spacial score (nSPS) is 16.9. The van der Waals surface area contributed by atoms with Gasteiger partial charge in [0.15, 0.2) is 0 Å². The zero-order valence-corrected chi connectivity index (χ0v) is 13.0. The molecule has 2 rings (SSSR count). The maximum Gasteiger partial charge on any atom is 0.413 e. The molecule has 5 nitrogen and oxygen atoms in total. The van der Waals surface area contributed by atoms with Crippen LogP contribution >= 0.6 is 0 Å². The number of ether oxygens (including phenoxy) is 1. The van der Waals surface area contributed by atoms with Crippen LogP contribution in [0, 0.1) is 5.92 Å². The van der Waals surface area contributed by atoms with Crippen molar-refractivity contribution in [2.24, 2.45) is 5.92 Å². The van der Waals surface area contributed by atoms with Gasteiger partial charge in [0.1, 0.15) is 0 Å². The van der Waals surface area contributed by atoms with E-state index in [2.05, 4.69) is 17.5 Å². The van der Waals surface area contributed by atoms with E-state index >= 15 is 0 Å². The molecule has 0 aliphatic heterocycles. The highest BCUT2D eigenvalue weighted by Gasteiger charge is 2.18. The summed E-state index contributed by atoms with van der Waals surface area (Å²) in [5.41, 5.74) is 1.46. The number of nitrogens with zero attached hydrogens (tertiary/aromatic N) is 1. The number of allylic oxidation sites excluding steroid dienone is 2. The first-order chi connectivity index (χ1) is 10.6. The highest BCUT2D eigenvalue weighted by Crippen LogP contribution is 2.22. The minimum atomic E-state index is -0.395. The number of hydrogen-bond donors (Lipinski definition) is 1. The fourth-order valence-corrected chi connectivity index (χ4v) is 2.37. The Hall–Kier alpha value is -2.30. The van der Waals surface area contributed by atoms with Crippen molar-refractivity contribution < 1.29 is 14.3 Å². The monoisotopic (exact) mass is 302 g/mol. The minimum absolute atomic E-state index is 0.0480. The molecule has 2 amide bonds. The van der Waals surface area contributed by atoms with E-state index in [-0.39, 0.29) is 11.8 Å². The summed E-state index contributed by atoms with van der Waals surface area (Å²) in [7, 11) is 1.65. The maximum absolute atomic E-state index is 12.2. The van der Waals surface area contributed by atoms with E-state index in [4.69, 9.17) is 4.74 Å². The highest BCUT2D eigenvalue weighted by atomic mass is 16.6. The van der Waals surface area contributed by atoms with E-state index in [1.165, 1.54) is 4.90 Å². The van der Waals surface area contributed by atoms with E-state index in [1.54, 1.807) is 38.2 Å². The lowest BCUT2D eigenvalue weighted by Gasteiger charge is -2.19. The van der Waals surface area contributed by atoms with Crippen molar-refractivity contribution in [1.29, 1.82) is 0 Å². The summed E-state index contributed by atoms with van der Waals surface area (Å²) in [5.74, 6) is 0.0997. The fraction of sp³-hybridized carbons (Fsp3) is 0.412. The van der Waals surface area contributed by atoms with E-state index in [1.807, 2.05) is 0 Å². The predicted octanol–water partition coefficient (Wildman–Crippen LogP) is 3.57. The molecule has 1 aliphatic rings. The van der Waals surface area contributed by atoms with Gasteiger partial charge in [0.2, 0.25) is 5.91 Å². The largest absolute Gasteiger partial charge is 0.449 e. The number of nitrogens with one attached hydrogen (secondary N) is 1. The molecule has 118 valence electrons. The van der Waals surface area contributed by atoms with Gasteiger partial charge in [0.25, 0.3) is 0 Å². The molecular formula is C17H22N2O3. The third kappa shape index (κ3) is 4.10. The smallest absolute Gasteiger partial charge is 0.413 e. The van der Waals surface area contributed by atoms with E-state index in [9.17, 15) is 9.59 Å². The van der Waals surface area contributed by atoms with Gasteiger partial charge in [-0.05, 0) is 50.5 Å². The van der Waals surface area contributed by atoms with Crippen molar-refractivity contribution in [2.75, 3.05) is 23.9 Å². The summed E-state index contributed by atoms with van der Waals surface area (Å²) in [6, 6.07) is 7.16. The number of hydrogen-bond acceptors (Lipinski definition) is 3. The zero-order chi connectivity index (χ0) is 15.9. The second-order valence-corrected chi connectivity index (χ2v) is 5.28. The predicted molar refractivity (Wildman–Crippen MR) is 87.0 cm³/mol. The van der Waals surface area contributed by atoms with Crippen molar-refractivity contribution in [3.63, 3.8) is 0 Å². The van der Waals surface area contributed by atoms with Gasteiger partial charge in [0, 0.05) is 24.3 Å². The SMILES string of the molecule is CCOC(=O)N(C)c1ccc(NC(=O)C2CC=CCC2)cc1. The molecule has 0 bridgehead atoms. The first-order valence-corrected chi connectivity index (χ1v) is 7.58. The van der Waals surface area contributed by atoms with Crippen LogP contribution < -0.4 is 10.2 Å². The van der Waals surface area contributed by atoms with Crippen LogP contribution in [0.1, 0.15) is 26.2 Å². The lowest BCUT2D eigenvalue weighted by molar-refractivity contribution is -0.120. The van der Waals surface area contributed by atoms with E-state index < -0.39 is 6.09 Å². The van der Waals surface area contributed by atoms with Gasteiger partial charge in [-0.15, -0.1) is 0 Å². The maximum atomic E-state index is 12.2. The second kappa shape index (κ2) is 7.64. The topological polar surface area (TPSA) is 58.6 Å². The molecule has 1 aromatic carbocycles. The summed E-state index contributed by atoms with van der Waals surface area (Å²) in [5, 5.41) is 2.92. The number of rotatable bonds is 4. The van der Waals surface area contributed by atoms with Gasteiger partial charge >= 0.3 is 6.09 Å². The van der Waals surface area contributed by atoms with Gasteiger partial charge in [-0.3, -0.25) is 9.69 Å². The number of benzene rings is 1. The summed E-state index contributed by atoms with van der Waals surface area (Å²) in [6.45, 7) is 2.11. The van der Waals surface area contributed by atoms with E-state index in [0.29, 0.717) is 6.61 Å². The molecule has 1 aliphatic carbocycles. The standard InChI is InChI=1S/C17H22N2O3/c1-3-22-17(21)19(2)15-11-9-14(10-12-15)18-16(20)13-7-5-4-6-8-13/h4-5,9-13H,3,6-8H2,1-2H3,(H,18,20).